The van der Waals surface area contributed by atoms with Crippen molar-refractivity contribution in [2.45, 2.75) is 157 Å². The smallest absolute Gasteiger partial charge is 0.334 e. The maximum atomic E-state index is 12.1. The molecule has 18 nitrogen and oxygen atoms in total. The van der Waals surface area contributed by atoms with Crippen LogP contribution >= 0.6 is 0 Å². The number of aliphatic hydroxyl groups excluding tert-OH is 3. The predicted octanol–water partition coefficient (Wildman–Crippen LogP) is 18.0. The molecule has 6 unspecified atom stereocenters. The van der Waals surface area contributed by atoms with Crippen LogP contribution in [0, 0.1) is 0 Å². The Hall–Kier alpha value is -10.1. The van der Waals surface area contributed by atoms with Crippen LogP contribution in [0.3, 0.4) is 0 Å². The van der Waals surface area contributed by atoms with Crippen molar-refractivity contribution in [1.82, 2.24) is 0 Å². The molecule has 0 heterocycles. The molecule has 0 aromatic heterocycles. The molecule has 6 aromatic rings. The van der Waals surface area contributed by atoms with Gasteiger partial charge in [0.05, 0.1) is 43.2 Å². The summed E-state index contributed by atoms with van der Waals surface area (Å²) >= 11 is 0. The van der Waals surface area contributed by atoms with Crippen LogP contribution in [0.4, 0.5) is 0 Å². The van der Waals surface area contributed by atoms with Gasteiger partial charge in [-0.15, -0.1) is 0 Å². The van der Waals surface area contributed by atoms with Crippen molar-refractivity contribution in [2.24, 2.45) is 0 Å². The third-order valence-corrected chi connectivity index (χ3v) is 17.1. The van der Waals surface area contributed by atoms with E-state index in [0.29, 0.717) is 45.7 Å². The van der Waals surface area contributed by atoms with Gasteiger partial charge in [-0.25, -0.2) is 14.4 Å². The molecular weight excluding hydrogens is 1370 g/mol. The molecule has 6 rings (SSSR count). The molecule has 0 spiro atoms. The summed E-state index contributed by atoms with van der Waals surface area (Å²) in [7, 11) is 0. The highest BCUT2D eigenvalue weighted by atomic mass is 16.7. The quantitative estimate of drug-likeness (QED) is 0.00616. The second kappa shape index (κ2) is 43.7. The van der Waals surface area contributed by atoms with Gasteiger partial charge in [0.2, 0.25) is 0 Å². The van der Waals surface area contributed by atoms with Crippen LogP contribution in [0.25, 0.3) is 0 Å². The Kier molecular flexibility index (Phi) is 36.5. The van der Waals surface area contributed by atoms with E-state index in [9.17, 15) is 29.7 Å². The van der Waals surface area contributed by atoms with Crippen LogP contribution in [0.2, 0.25) is 0 Å². The van der Waals surface area contributed by atoms with Gasteiger partial charge >= 0.3 is 17.9 Å². The summed E-state index contributed by atoms with van der Waals surface area (Å²) in [5.41, 5.74) is 11.5. The molecule has 108 heavy (non-hydrogen) atoms. The summed E-state index contributed by atoms with van der Waals surface area (Å²) in [4.78, 5) is 36.2. The minimum Gasteiger partial charge on any atom is -0.491 e. The Bertz CT molecular complexity index is 3970. The number of benzene rings is 6. The van der Waals surface area contributed by atoms with Gasteiger partial charge in [-0.1, -0.05) is 210 Å². The zero-order valence-electron chi connectivity index (χ0n) is 66.0. The average molecular weight is 1480 g/mol. The van der Waals surface area contributed by atoms with Gasteiger partial charge in [0.25, 0.3) is 0 Å². The SMILES string of the molecule is C=C(C)OCOCC(COc1ccc(C(C)(C)c2ccc(C(OC(=O)C(=C)C)C(=C)C)cc2)cc1)OC(=O)C(=C)C.C=C(C)OCOCC(O)COc1ccc(C(C)(C)c2ccc(C(O)C(=C)C)cc2)cc1.C=C(C)OCOCC(O)COc1ccc(C(C)(C)c2ccc(C(OC(=O)C(=C)C)C(=C)C)cc2)cc1. The summed E-state index contributed by atoms with van der Waals surface area (Å²) in [5, 5.41) is 30.1. The van der Waals surface area contributed by atoms with Gasteiger partial charge in [-0.3, -0.25) is 0 Å². The van der Waals surface area contributed by atoms with E-state index in [-0.39, 0.29) is 81.8 Å². The van der Waals surface area contributed by atoms with E-state index in [2.05, 4.69) is 101 Å². The van der Waals surface area contributed by atoms with Crippen molar-refractivity contribution in [3.8, 4) is 17.2 Å². The fourth-order valence-electron chi connectivity index (χ4n) is 10.3. The van der Waals surface area contributed by atoms with Gasteiger partial charge < -0.3 is 72.2 Å². The number of hydrogen-bond acceptors (Lipinski definition) is 18. The van der Waals surface area contributed by atoms with Gasteiger partial charge in [0.1, 0.15) is 61.5 Å². The maximum Gasteiger partial charge on any atom is 0.334 e. The molecule has 6 aromatic carbocycles. The summed E-state index contributed by atoms with van der Waals surface area (Å²) in [5.74, 6) is 2.20. The van der Waals surface area contributed by atoms with E-state index in [1.54, 1.807) is 41.5 Å². The first-order valence-electron chi connectivity index (χ1n) is 35.4. The van der Waals surface area contributed by atoms with Gasteiger partial charge in [-0.05, 0) is 166 Å². The second-order valence-electron chi connectivity index (χ2n) is 28.4. The normalized spacial score (nSPS) is 12.8. The monoisotopic (exact) mass is 1480 g/mol. The molecule has 18 heteroatoms. The minimum atomic E-state index is -0.772. The van der Waals surface area contributed by atoms with Crippen molar-refractivity contribution >= 4 is 17.9 Å². The molecule has 0 aliphatic carbocycles. The Balaban J connectivity index is 0.000000346. The molecular formula is C90H114O18. The lowest BCUT2D eigenvalue weighted by molar-refractivity contribution is -0.152. The number of rotatable bonds is 42. The maximum absolute atomic E-state index is 12.1. The Morgan fingerprint density at radius 1 is 0.324 bits per heavy atom. The summed E-state index contributed by atoms with van der Waals surface area (Å²) < 4.78 is 65.1. The van der Waals surface area contributed by atoms with E-state index < -0.39 is 54.5 Å². The summed E-state index contributed by atoms with van der Waals surface area (Å²) in [6.07, 6.45) is -3.89. The van der Waals surface area contributed by atoms with Crippen molar-refractivity contribution < 1.29 is 86.5 Å². The molecule has 0 amide bonds. The number of esters is 3. The predicted molar refractivity (Wildman–Crippen MR) is 425 cm³/mol. The zero-order chi connectivity index (χ0) is 80.6. The molecule has 0 radical (unpaired) electrons. The third-order valence-electron chi connectivity index (χ3n) is 17.1. The number of hydrogen-bond donors (Lipinski definition) is 3. The van der Waals surface area contributed by atoms with E-state index in [0.717, 1.165) is 66.8 Å². The van der Waals surface area contributed by atoms with Crippen LogP contribution < -0.4 is 14.2 Å². The lowest BCUT2D eigenvalue weighted by Crippen LogP contribution is -2.30. The van der Waals surface area contributed by atoms with Crippen molar-refractivity contribution in [2.75, 3.05) is 60.0 Å². The zero-order valence-corrected chi connectivity index (χ0v) is 66.0. The summed E-state index contributed by atoms with van der Waals surface area (Å²) in [6, 6.07) is 47.3. The highest BCUT2D eigenvalue weighted by Crippen LogP contribution is 2.38. The minimum absolute atomic E-state index is 0.00525. The fourth-order valence-corrected chi connectivity index (χ4v) is 10.3. The molecule has 3 N–H and O–H groups in total. The highest BCUT2D eigenvalue weighted by molar-refractivity contribution is 5.88. The average Bonchev–Trinajstić information content (AvgIpc) is 0.809. The highest BCUT2D eigenvalue weighted by Gasteiger charge is 2.29. The number of ether oxygens (including phenoxy) is 12. The van der Waals surface area contributed by atoms with E-state index in [1.165, 1.54) is 0 Å². The van der Waals surface area contributed by atoms with Gasteiger partial charge in [0, 0.05) is 33.0 Å². The van der Waals surface area contributed by atoms with Crippen molar-refractivity contribution in [3.05, 3.63) is 306 Å². The largest absolute Gasteiger partial charge is 0.491 e. The Morgan fingerprint density at radius 3 is 0.833 bits per heavy atom. The van der Waals surface area contributed by atoms with Crippen molar-refractivity contribution in [3.63, 3.8) is 0 Å². The lowest BCUT2D eigenvalue weighted by Gasteiger charge is -2.27. The van der Waals surface area contributed by atoms with E-state index >= 15 is 0 Å². The van der Waals surface area contributed by atoms with Gasteiger partial charge in [0.15, 0.2) is 26.5 Å². The van der Waals surface area contributed by atoms with E-state index in [1.807, 2.05) is 166 Å². The molecule has 0 saturated heterocycles. The van der Waals surface area contributed by atoms with Crippen LogP contribution in [-0.2, 0) is 73.3 Å². The number of carbonyl (C=O) groups is 3. The molecule has 0 fully saturated rings. The lowest BCUT2D eigenvalue weighted by atomic mass is 9.78. The van der Waals surface area contributed by atoms with Crippen LogP contribution in [0.1, 0.15) is 172 Å². The first-order valence-corrected chi connectivity index (χ1v) is 35.4. The second-order valence-corrected chi connectivity index (χ2v) is 28.4. The number of allylic oxidation sites excluding steroid dienone is 3. The molecule has 0 bridgehead atoms. The van der Waals surface area contributed by atoms with Crippen molar-refractivity contribution in [1.29, 1.82) is 0 Å². The van der Waals surface area contributed by atoms with Gasteiger partial charge in [-0.2, -0.15) is 0 Å². The van der Waals surface area contributed by atoms with Crippen LogP contribution in [-0.4, -0.2) is 112 Å². The number of carbonyl (C=O) groups excluding carboxylic acids is 3. The standard InChI is InChI=1S/C34H42O7.C30H38O6.C26H34O5/c1-22(2)31(41-33(36)24(5)6)26-11-13-27(14-12-26)34(9,10)28-15-17-29(18-16-28)38-20-30(40-32(35)23(3)4)19-37-21-39-25(7)8;1-20(2)28(36-29(32)21(3)4)23-9-11-24(12-10-23)30(7,8)25-13-15-27(16-14-25)34-18-26(31)17-33-19-35-22(5)6;1-18(2)25(28)20-7-9-21(10-8-20)26(5,6)22-11-13-24(14-12-22)30-16-23(27)15-29-17-31-19(3)4/h11-18,30-31H,1,3,5,7,19-21H2,2,4,6,8-10H3;9-16,26,28,31H,1,3,5,17-19H2,2,4,6-8H3;7-14,23,25,27-28H,1,3,15-17H2,2,4-6H3. The van der Waals surface area contributed by atoms with Crippen LogP contribution in [0.5, 0.6) is 17.2 Å². The molecule has 6 atom stereocenters. The molecule has 0 saturated carbocycles. The Morgan fingerprint density at radius 2 is 0.574 bits per heavy atom. The Labute approximate surface area is 640 Å². The fraction of sp³-hybridized carbons (Fsp3) is 0.367. The van der Waals surface area contributed by atoms with Crippen LogP contribution in [0.15, 0.2) is 256 Å². The molecule has 0 aliphatic rings. The molecule has 0 aliphatic heterocycles. The first-order chi connectivity index (χ1) is 50.7. The van der Waals surface area contributed by atoms with E-state index in [4.69, 9.17) is 56.8 Å². The topological polar surface area (TPSA) is 223 Å². The first kappa shape index (κ1) is 90.3. The molecule has 582 valence electrons. The third kappa shape index (κ3) is 29.9. The summed E-state index contributed by atoms with van der Waals surface area (Å²) in [6.45, 7) is 62.6. The number of aliphatic hydroxyl groups is 3.